The molecule has 0 spiro atoms. The highest BCUT2D eigenvalue weighted by atomic mass is 16.2. The molecule has 0 unspecified atom stereocenters. The van der Waals surface area contributed by atoms with Crippen LogP contribution < -0.4 is 0 Å². The fourth-order valence-corrected chi connectivity index (χ4v) is 7.38. The lowest BCUT2D eigenvalue weighted by atomic mass is 9.91. The molecule has 3 aliphatic rings. The summed E-state index contributed by atoms with van der Waals surface area (Å²) >= 11 is 0. The van der Waals surface area contributed by atoms with Crippen LogP contribution in [0.2, 0.25) is 0 Å². The lowest BCUT2D eigenvalue weighted by Crippen LogP contribution is -2.44. The summed E-state index contributed by atoms with van der Waals surface area (Å²) in [5.41, 5.74) is 3.98. The van der Waals surface area contributed by atoms with Gasteiger partial charge in [0, 0.05) is 24.8 Å². The summed E-state index contributed by atoms with van der Waals surface area (Å²) in [6.07, 6.45) is 14.9. The lowest BCUT2D eigenvalue weighted by Gasteiger charge is -2.26. The molecule has 1 aromatic carbocycles. The van der Waals surface area contributed by atoms with E-state index in [2.05, 4.69) is 26.0 Å². The number of benzene rings is 1. The van der Waals surface area contributed by atoms with E-state index in [1.807, 2.05) is 11.8 Å². The number of Topliss-reactive ketones (excluding diaryl/α,β-unsaturated/α-hetero) is 2. The number of aromatic nitrogens is 2. The Balaban J connectivity index is 1.55. The maximum atomic E-state index is 14.0. The minimum absolute atomic E-state index is 0.0233. The van der Waals surface area contributed by atoms with Crippen molar-refractivity contribution in [3.63, 3.8) is 0 Å². The Morgan fingerprint density at radius 1 is 1.05 bits per heavy atom. The monoisotopic (exact) mass is 533 g/mol. The van der Waals surface area contributed by atoms with Gasteiger partial charge in [-0.2, -0.15) is 5.10 Å². The number of hydrogen-bond acceptors (Lipinski definition) is 4. The van der Waals surface area contributed by atoms with Gasteiger partial charge in [-0.25, -0.2) is 0 Å². The van der Waals surface area contributed by atoms with Crippen molar-refractivity contribution in [1.82, 2.24) is 14.7 Å². The van der Waals surface area contributed by atoms with Gasteiger partial charge in [0.1, 0.15) is 12.2 Å². The predicted molar refractivity (Wildman–Crippen MR) is 155 cm³/mol. The van der Waals surface area contributed by atoms with Gasteiger partial charge in [-0.15, -0.1) is 0 Å². The summed E-state index contributed by atoms with van der Waals surface area (Å²) in [5.74, 6) is 0.689. The van der Waals surface area contributed by atoms with Crippen LogP contribution in [-0.2, 0) is 29.0 Å². The third-order valence-electron chi connectivity index (χ3n) is 9.66. The molecule has 0 N–H and O–H groups in total. The predicted octanol–water partition coefficient (Wildman–Crippen LogP) is 6.84. The minimum atomic E-state index is -0.309. The maximum Gasteiger partial charge on any atom is 0.245 e. The van der Waals surface area contributed by atoms with Crippen molar-refractivity contribution < 1.29 is 14.4 Å². The van der Waals surface area contributed by atoms with Crippen molar-refractivity contribution >= 4 is 28.4 Å². The molecule has 3 heterocycles. The van der Waals surface area contributed by atoms with E-state index in [4.69, 9.17) is 5.10 Å². The molecule has 1 saturated carbocycles. The summed E-state index contributed by atoms with van der Waals surface area (Å²) < 4.78 is 1.80. The first-order valence-corrected chi connectivity index (χ1v) is 15.6. The van der Waals surface area contributed by atoms with Crippen molar-refractivity contribution in [2.45, 2.75) is 136 Å². The van der Waals surface area contributed by atoms with Gasteiger partial charge in [0.15, 0.2) is 11.6 Å². The standard InChI is InChI=1S/C33H47N3O3/c1-5-28(38)27-19-33-16-12-10-8-6-7-9-11-13-25-17-24(15-14-22(2)3)18-26-31(23(4)37)34-35(32(25)26)21-30(39)36(27)29(33)20-33/h17-18,22,27,29H,5-16,19-21H2,1-4H3/t27-,29+,33-/m0/s1. The summed E-state index contributed by atoms with van der Waals surface area (Å²) in [6.45, 7) is 8.04. The van der Waals surface area contributed by atoms with Crippen LogP contribution in [0.4, 0.5) is 0 Å². The van der Waals surface area contributed by atoms with Gasteiger partial charge >= 0.3 is 0 Å². The van der Waals surface area contributed by atoms with Crippen LogP contribution in [0.5, 0.6) is 0 Å². The van der Waals surface area contributed by atoms with Crippen LogP contribution in [0.25, 0.3) is 10.9 Å². The number of piperidine rings is 1. The van der Waals surface area contributed by atoms with E-state index >= 15 is 0 Å². The molecule has 2 fully saturated rings. The fraction of sp³-hybridized carbons (Fsp3) is 0.697. The van der Waals surface area contributed by atoms with Crippen LogP contribution >= 0.6 is 0 Å². The normalized spacial score (nSPS) is 26.1. The zero-order chi connectivity index (χ0) is 27.7. The van der Waals surface area contributed by atoms with Gasteiger partial charge in [-0.05, 0) is 73.5 Å². The molecule has 3 atom stereocenters. The number of aryl methyl sites for hydroxylation is 2. The van der Waals surface area contributed by atoms with Crippen LogP contribution in [0.3, 0.4) is 0 Å². The Morgan fingerprint density at radius 2 is 1.77 bits per heavy atom. The highest BCUT2D eigenvalue weighted by Gasteiger charge is 2.66. The first-order valence-electron chi connectivity index (χ1n) is 15.6. The summed E-state index contributed by atoms with van der Waals surface area (Å²) in [4.78, 5) is 41.7. The van der Waals surface area contributed by atoms with Gasteiger partial charge in [0.2, 0.25) is 5.91 Å². The Bertz CT molecular complexity index is 1240. The average molecular weight is 534 g/mol. The van der Waals surface area contributed by atoms with Crippen LogP contribution in [0.15, 0.2) is 12.1 Å². The van der Waals surface area contributed by atoms with Gasteiger partial charge < -0.3 is 4.90 Å². The van der Waals surface area contributed by atoms with Crippen molar-refractivity contribution in [3.05, 3.63) is 29.0 Å². The fourth-order valence-electron chi connectivity index (χ4n) is 7.38. The second kappa shape index (κ2) is 11.5. The van der Waals surface area contributed by atoms with E-state index < -0.39 is 0 Å². The Morgan fingerprint density at radius 3 is 2.46 bits per heavy atom. The average Bonchev–Trinajstić information content (AvgIpc) is 3.31. The van der Waals surface area contributed by atoms with E-state index in [-0.39, 0.29) is 41.5 Å². The first-order chi connectivity index (χ1) is 18.7. The van der Waals surface area contributed by atoms with Crippen molar-refractivity contribution in [3.8, 4) is 0 Å². The summed E-state index contributed by atoms with van der Waals surface area (Å²) in [6, 6.07) is 4.31. The van der Waals surface area contributed by atoms with Crippen LogP contribution in [0, 0.1) is 11.3 Å². The number of rotatable bonds is 6. The van der Waals surface area contributed by atoms with Crippen molar-refractivity contribution in [2.24, 2.45) is 11.3 Å². The second-order valence-corrected chi connectivity index (χ2v) is 13.0. The lowest BCUT2D eigenvalue weighted by molar-refractivity contribution is -0.139. The van der Waals surface area contributed by atoms with Crippen LogP contribution in [-0.4, -0.2) is 44.2 Å². The molecule has 2 bridgehead atoms. The van der Waals surface area contributed by atoms with Gasteiger partial charge in [0.25, 0.3) is 0 Å². The molecule has 0 radical (unpaired) electrons. The molecule has 39 heavy (non-hydrogen) atoms. The zero-order valence-corrected chi connectivity index (χ0v) is 24.6. The number of carbonyl (C=O) groups excluding carboxylic acids is 3. The highest BCUT2D eigenvalue weighted by Crippen LogP contribution is 2.62. The smallest absolute Gasteiger partial charge is 0.245 e. The Kier molecular flexibility index (Phi) is 8.30. The first kappa shape index (κ1) is 28.0. The molecule has 1 aliphatic carbocycles. The summed E-state index contributed by atoms with van der Waals surface area (Å²) in [7, 11) is 0. The quantitative estimate of drug-likeness (QED) is 0.381. The SMILES string of the molecule is CCC(=O)[C@@H]1C[C@]23CCCCCCCCCc4cc(CCC(C)C)cc5c(C(C)=O)nn(c45)CC(=O)N1[C@@H]2C3. The molecule has 6 nitrogen and oxygen atoms in total. The third kappa shape index (κ3) is 5.71. The molecule has 1 saturated heterocycles. The molecule has 2 aromatic rings. The Labute approximate surface area is 233 Å². The van der Waals surface area contributed by atoms with Crippen molar-refractivity contribution in [1.29, 1.82) is 0 Å². The van der Waals surface area contributed by atoms with Crippen molar-refractivity contribution in [2.75, 3.05) is 0 Å². The highest BCUT2D eigenvalue weighted by molar-refractivity contribution is 6.06. The van der Waals surface area contributed by atoms with E-state index in [1.165, 1.54) is 49.7 Å². The van der Waals surface area contributed by atoms with Gasteiger partial charge in [-0.3, -0.25) is 19.1 Å². The molecule has 2 aliphatic heterocycles. The maximum absolute atomic E-state index is 14.0. The zero-order valence-electron chi connectivity index (χ0n) is 24.6. The Hall–Kier alpha value is -2.50. The number of hydrogen-bond donors (Lipinski definition) is 0. The number of ketones is 2. The molecule has 5 rings (SSSR count). The second-order valence-electron chi connectivity index (χ2n) is 13.0. The number of nitrogens with zero attached hydrogens (tertiary/aromatic N) is 3. The minimum Gasteiger partial charge on any atom is -0.327 e. The van der Waals surface area contributed by atoms with E-state index in [9.17, 15) is 14.4 Å². The molecule has 6 heteroatoms. The summed E-state index contributed by atoms with van der Waals surface area (Å²) in [5, 5.41) is 5.65. The van der Waals surface area contributed by atoms with E-state index in [0.29, 0.717) is 18.0 Å². The largest absolute Gasteiger partial charge is 0.327 e. The van der Waals surface area contributed by atoms with Gasteiger partial charge in [-0.1, -0.05) is 65.4 Å². The van der Waals surface area contributed by atoms with E-state index in [1.54, 1.807) is 11.6 Å². The van der Waals surface area contributed by atoms with E-state index in [0.717, 1.165) is 55.8 Å². The molecule has 1 aromatic heterocycles. The molecule has 212 valence electrons. The number of carbonyl (C=O) groups is 3. The third-order valence-corrected chi connectivity index (χ3v) is 9.66. The molecular weight excluding hydrogens is 486 g/mol. The van der Waals surface area contributed by atoms with Gasteiger partial charge in [0.05, 0.1) is 11.6 Å². The number of amides is 1. The molecule has 1 amide bonds. The topological polar surface area (TPSA) is 72.3 Å². The molecular formula is C33H47N3O3. The van der Waals surface area contributed by atoms with Crippen LogP contribution in [0.1, 0.15) is 126 Å².